The Morgan fingerprint density at radius 2 is 2.00 bits per heavy atom. The summed E-state index contributed by atoms with van der Waals surface area (Å²) in [6.45, 7) is 9.05. The predicted octanol–water partition coefficient (Wildman–Crippen LogP) is 3.29. The van der Waals surface area contributed by atoms with Gasteiger partial charge in [0.15, 0.2) is 0 Å². The third kappa shape index (κ3) is 4.22. The molecule has 1 aromatic rings. The molecule has 1 heterocycles. The number of hydrogen-bond acceptors (Lipinski definition) is 3. The molecule has 0 aromatic heterocycles. The van der Waals surface area contributed by atoms with Crippen molar-refractivity contribution in [2.75, 3.05) is 38.2 Å². The third-order valence-electron chi connectivity index (χ3n) is 4.35. The van der Waals surface area contributed by atoms with E-state index in [-0.39, 0.29) is 12.1 Å². The fraction of sp³-hybridized carbons (Fsp3) is 0.588. The minimum absolute atomic E-state index is 0.0262. The number of anilines is 1. The Bertz CT molecular complexity index is 557. The highest BCUT2D eigenvalue weighted by molar-refractivity contribution is 6.31. The first-order chi connectivity index (χ1) is 11.0. The fourth-order valence-corrected chi connectivity index (χ4v) is 2.77. The Labute approximate surface area is 143 Å². The van der Waals surface area contributed by atoms with E-state index in [0.717, 1.165) is 36.5 Å². The second-order valence-electron chi connectivity index (χ2n) is 6.01. The Morgan fingerprint density at radius 1 is 1.35 bits per heavy atom. The first-order valence-electron chi connectivity index (χ1n) is 8.10. The lowest BCUT2D eigenvalue weighted by molar-refractivity contribution is 0.190. The number of halogens is 1. The van der Waals surface area contributed by atoms with E-state index in [9.17, 15) is 4.79 Å². The third-order valence-corrected chi connectivity index (χ3v) is 4.76. The number of benzene rings is 1. The van der Waals surface area contributed by atoms with Crippen molar-refractivity contribution in [1.29, 1.82) is 0 Å². The zero-order chi connectivity index (χ0) is 17.0. The smallest absolute Gasteiger partial charge is 0.317 e. The summed E-state index contributed by atoms with van der Waals surface area (Å²) in [5.74, 6) is 0.776. The molecule has 1 atom stereocenters. The number of ether oxygens (including phenoxy) is 1. The summed E-state index contributed by atoms with van der Waals surface area (Å²) < 4.78 is 5.46. The molecular formula is C17H26ClN3O2. The number of piperazine rings is 1. The molecular weight excluding hydrogens is 314 g/mol. The molecule has 6 heteroatoms. The van der Waals surface area contributed by atoms with Crippen LogP contribution < -0.4 is 15.0 Å². The molecule has 1 aliphatic heterocycles. The molecule has 0 radical (unpaired) electrons. The molecule has 1 aromatic carbocycles. The lowest BCUT2D eigenvalue weighted by atomic mass is 10.1. The number of aryl methyl sites for hydroxylation is 1. The van der Waals surface area contributed by atoms with Crippen LogP contribution in [0.5, 0.6) is 5.75 Å². The van der Waals surface area contributed by atoms with Gasteiger partial charge in [0.25, 0.3) is 0 Å². The molecule has 0 saturated carbocycles. The summed E-state index contributed by atoms with van der Waals surface area (Å²) in [4.78, 5) is 16.3. The van der Waals surface area contributed by atoms with Gasteiger partial charge in [-0.2, -0.15) is 0 Å². The topological polar surface area (TPSA) is 44.8 Å². The van der Waals surface area contributed by atoms with Gasteiger partial charge in [0.1, 0.15) is 5.75 Å². The number of amides is 2. The van der Waals surface area contributed by atoms with Gasteiger partial charge in [0.2, 0.25) is 0 Å². The second kappa shape index (κ2) is 7.77. The number of nitrogens with zero attached hydrogens (tertiary/aromatic N) is 2. The summed E-state index contributed by atoms with van der Waals surface area (Å²) in [7, 11) is 1.65. The molecule has 2 rings (SSSR count). The van der Waals surface area contributed by atoms with Crippen molar-refractivity contribution in [3.05, 3.63) is 22.7 Å². The molecule has 0 aliphatic carbocycles. The normalized spacial score (nSPS) is 16.2. The summed E-state index contributed by atoms with van der Waals surface area (Å²) in [5.41, 5.74) is 2.07. The first kappa shape index (κ1) is 17.7. The Morgan fingerprint density at radius 3 is 2.57 bits per heavy atom. The molecule has 1 unspecified atom stereocenters. The summed E-state index contributed by atoms with van der Waals surface area (Å²) in [6.07, 6.45) is 0.937. The highest BCUT2D eigenvalue weighted by Gasteiger charge is 2.24. The van der Waals surface area contributed by atoms with Crippen LogP contribution in [0.1, 0.15) is 25.8 Å². The van der Waals surface area contributed by atoms with Crippen LogP contribution in [0, 0.1) is 6.92 Å². The summed E-state index contributed by atoms with van der Waals surface area (Å²) >= 11 is 6.17. The lowest BCUT2D eigenvalue weighted by Gasteiger charge is -2.37. The lowest BCUT2D eigenvalue weighted by Crippen LogP contribution is -2.53. The SMILES string of the molecule is CCC(C)NC(=O)N1CCN(c2cc(C)c(Cl)cc2OC)CC1. The Kier molecular flexibility index (Phi) is 5.99. The molecule has 5 nitrogen and oxygen atoms in total. The average molecular weight is 340 g/mol. The summed E-state index contributed by atoms with van der Waals surface area (Å²) in [6, 6.07) is 4.14. The van der Waals surface area contributed by atoms with Crippen LogP contribution in [0.25, 0.3) is 0 Å². The van der Waals surface area contributed by atoms with Gasteiger partial charge in [-0.1, -0.05) is 18.5 Å². The van der Waals surface area contributed by atoms with Crippen LogP contribution in [0.2, 0.25) is 5.02 Å². The second-order valence-corrected chi connectivity index (χ2v) is 6.41. The fourth-order valence-electron chi connectivity index (χ4n) is 2.61. The van der Waals surface area contributed by atoms with Crippen molar-refractivity contribution >= 4 is 23.3 Å². The van der Waals surface area contributed by atoms with E-state index in [2.05, 4.69) is 23.2 Å². The highest BCUT2D eigenvalue weighted by Crippen LogP contribution is 2.34. The van der Waals surface area contributed by atoms with Gasteiger partial charge in [-0.15, -0.1) is 0 Å². The Hall–Kier alpha value is -1.62. The monoisotopic (exact) mass is 339 g/mol. The number of nitrogens with one attached hydrogen (secondary N) is 1. The van der Waals surface area contributed by atoms with Crippen LogP contribution in [-0.2, 0) is 0 Å². The van der Waals surface area contributed by atoms with Crippen LogP contribution >= 0.6 is 11.6 Å². The number of urea groups is 1. The van der Waals surface area contributed by atoms with Crippen molar-refractivity contribution in [2.45, 2.75) is 33.2 Å². The predicted molar refractivity (Wildman–Crippen MR) is 94.8 cm³/mol. The molecule has 2 amide bonds. The van der Waals surface area contributed by atoms with Gasteiger partial charge in [-0.25, -0.2) is 4.79 Å². The van der Waals surface area contributed by atoms with Crippen LogP contribution in [0.15, 0.2) is 12.1 Å². The maximum atomic E-state index is 12.2. The van der Waals surface area contributed by atoms with Gasteiger partial charge in [-0.3, -0.25) is 0 Å². The molecule has 0 spiro atoms. The van der Waals surface area contributed by atoms with Crippen molar-refractivity contribution < 1.29 is 9.53 Å². The highest BCUT2D eigenvalue weighted by atomic mass is 35.5. The van der Waals surface area contributed by atoms with E-state index in [4.69, 9.17) is 16.3 Å². The number of hydrogen-bond donors (Lipinski definition) is 1. The zero-order valence-corrected chi connectivity index (χ0v) is 15.1. The molecule has 1 N–H and O–H groups in total. The molecule has 1 aliphatic rings. The van der Waals surface area contributed by atoms with Crippen molar-refractivity contribution in [2.24, 2.45) is 0 Å². The number of carbonyl (C=O) groups excluding carboxylic acids is 1. The number of carbonyl (C=O) groups is 1. The largest absolute Gasteiger partial charge is 0.495 e. The maximum Gasteiger partial charge on any atom is 0.317 e. The minimum Gasteiger partial charge on any atom is -0.495 e. The van der Waals surface area contributed by atoms with E-state index >= 15 is 0 Å². The van der Waals surface area contributed by atoms with Gasteiger partial charge >= 0.3 is 6.03 Å². The number of rotatable bonds is 4. The Balaban J connectivity index is 2.02. The van der Waals surface area contributed by atoms with Crippen LogP contribution in [0.4, 0.5) is 10.5 Å². The van der Waals surface area contributed by atoms with E-state index in [0.29, 0.717) is 18.1 Å². The summed E-state index contributed by atoms with van der Waals surface area (Å²) in [5, 5.41) is 3.73. The molecule has 1 fully saturated rings. The van der Waals surface area contributed by atoms with Crippen LogP contribution in [-0.4, -0.2) is 50.3 Å². The van der Waals surface area contributed by atoms with Gasteiger partial charge < -0.3 is 19.9 Å². The average Bonchev–Trinajstić information content (AvgIpc) is 2.56. The van der Waals surface area contributed by atoms with Gasteiger partial charge in [0.05, 0.1) is 12.8 Å². The zero-order valence-electron chi connectivity index (χ0n) is 14.4. The molecule has 128 valence electrons. The van der Waals surface area contributed by atoms with Crippen molar-refractivity contribution in [3.8, 4) is 5.75 Å². The minimum atomic E-state index is 0.0262. The van der Waals surface area contributed by atoms with E-state index in [1.807, 2.05) is 24.8 Å². The maximum absolute atomic E-state index is 12.2. The molecule has 1 saturated heterocycles. The van der Waals surface area contributed by atoms with Gasteiger partial charge in [0, 0.05) is 43.3 Å². The van der Waals surface area contributed by atoms with Gasteiger partial charge in [-0.05, 0) is 31.9 Å². The standard InChI is InChI=1S/C17H26ClN3O2/c1-5-13(3)19-17(22)21-8-6-20(7-9-21)15-10-12(2)14(18)11-16(15)23-4/h10-11,13H,5-9H2,1-4H3,(H,19,22). The van der Waals surface area contributed by atoms with E-state index in [1.54, 1.807) is 7.11 Å². The first-order valence-corrected chi connectivity index (χ1v) is 8.48. The van der Waals surface area contributed by atoms with Crippen LogP contribution in [0.3, 0.4) is 0 Å². The van der Waals surface area contributed by atoms with E-state index in [1.165, 1.54) is 0 Å². The van der Waals surface area contributed by atoms with Crippen molar-refractivity contribution in [3.63, 3.8) is 0 Å². The number of methoxy groups -OCH3 is 1. The molecule has 0 bridgehead atoms. The molecule has 23 heavy (non-hydrogen) atoms. The van der Waals surface area contributed by atoms with E-state index < -0.39 is 0 Å². The quantitative estimate of drug-likeness (QED) is 0.915. The van der Waals surface area contributed by atoms with Crippen molar-refractivity contribution in [1.82, 2.24) is 10.2 Å².